The molecule has 0 bridgehead atoms. The number of carbonyl (C=O) groups is 1. The number of rotatable bonds is 3. The van der Waals surface area contributed by atoms with Gasteiger partial charge in [0.05, 0.1) is 0 Å². The van der Waals surface area contributed by atoms with Gasteiger partial charge < -0.3 is 4.90 Å². The van der Waals surface area contributed by atoms with Gasteiger partial charge in [-0.1, -0.05) is 6.92 Å². The molecule has 1 aliphatic rings. The largest absolute Gasteiger partial charge is 0.342 e. The third kappa shape index (κ3) is 2.81. The molecule has 0 spiro atoms. The second-order valence-corrected chi connectivity index (χ2v) is 4.60. The first-order valence-corrected chi connectivity index (χ1v) is 6.28. The number of nitrogens with zero attached hydrogens (tertiary/aromatic N) is 3. The zero-order chi connectivity index (χ0) is 12.3. The molecule has 4 nitrogen and oxygen atoms in total. The number of hydrogen-bond acceptors (Lipinski definition) is 3. The predicted octanol–water partition coefficient (Wildman–Crippen LogP) is 1.90. The van der Waals surface area contributed by atoms with Crippen molar-refractivity contribution in [1.29, 1.82) is 0 Å². The minimum Gasteiger partial charge on any atom is -0.342 e. The van der Waals surface area contributed by atoms with Crippen LogP contribution in [0.4, 0.5) is 0 Å². The van der Waals surface area contributed by atoms with Gasteiger partial charge in [0.1, 0.15) is 5.82 Å². The Morgan fingerprint density at radius 2 is 2.41 bits per heavy atom. The van der Waals surface area contributed by atoms with Gasteiger partial charge in [0, 0.05) is 37.3 Å². The van der Waals surface area contributed by atoms with Crippen LogP contribution in [0.2, 0.25) is 0 Å². The van der Waals surface area contributed by atoms with Gasteiger partial charge in [-0.25, -0.2) is 9.97 Å². The minimum atomic E-state index is 0.278. The second-order valence-electron chi connectivity index (χ2n) is 4.60. The fourth-order valence-corrected chi connectivity index (χ4v) is 2.30. The van der Waals surface area contributed by atoms with Crippen LogP contribution in [-0.4, -0.2) is 33.9 Å². The summed E-state index contributed by atoms with van der Waals surface area (Å²) in [5, 5.41) is 0. The van der Waals surface area contributed by atoms with Crippen molar-refractivity contribution in [2.45, 2.75) is 39.0 Å². The van der Waals surface area contributed by atoms with E-state index in [4.69, 9.17) is 0 Å². The first kappa shape index (κ1) is 12.0. The fourth-order valence-electron chi connectivity index (χ4n) is 2.30. The Hall–Kier alpha value is -1.45. The van der Waals surface area contributed by atoms with Crippen LogP contribution in [0.5, 0.6) is 0 Å². The van der Waals surface area contributed by atoms with Crippen LogP contribution in [0.25, 0.3) is 0 Å². The summed E-state index contributed by atoms with van der Waals surface area (Å²) in [6, 6.07) is 1.96. The highest BCUT2D eigenvalue weighted by atomic mass is 16.2. The van der Waals surface area contributed by atoms with Crippen molar-refractivity contribution >= 4 is 5.91 Å². The lowest BCUT2D eigenvalue weighted by Crippen LogP contribution is -2.28. The highest BCUT2D eigenvalue weighted by Crippen LogP contribution is 2.26. The van der Waals surface area contributed by atoms with E-state index in [1.165, 1.54) is 0 Å². The average molecular weight is 233 g/mol. The van der Waals surface area contributed by atoms with Crippen LogP contribution in [-0.2, 0) is 4.79 Å². The van der Waals surface area contributed by atoms with E-state index in [1.807, 2.05) is 24.8 Å². The third-order valence-electron chi connectivity index (χ3n) is 3.22. The zero-order valence-electron chi connectivity index (χ0n) is 10.5. The van der Waals surface area contributed by atoms with E-state index in [1.54, 1.807) is 6.20 Å². The molecule has 1 atom stereocenters. The molecule has 4 heteroatoms. The summed E-state index contributed by atoms with van der Waals surface area (Å²) < 4.78 is 0. The van der Waals surface area contributed by atoms with Gasteiger partial charge in [-0.2, -0.15) is 0 Å². The number of hydrogen-bond donors (Lipinski definition) is 0. The SMILES string of the molecule is CCCC(=O)N1CC[C@H](c2ccnc(C)n2)C1. The third-order valence-corrected chi connectivity index (χ3v) is 3.22. The lowest BCUT2D eigenvalue weighted by molar-refractivity contribution is -0.130. The van der Waals surface area contributed by atoms with Crippen LogP contribution in [0.15, 0.2) is 12.3 Å². The number of amides is 1. The number of aromatic nitrogens is 2. The van der Waals surface area contributed by atoms with Gasteiger partial charge in [0.2, 0.25) is 5.91 Å². The van der Waals surface area contributed by atoms with Crippen molar-refractivity contribution in [3.63, 3.8) is 0 Å². The van der Waals surface area contributed by atoms with E-state index in [0.717, 1.165) is 37.4 Å². The molecule has 1 aliphatic heterocycles. The summed E-state index contributed by atoms with van der Waals surface area (Å²) in [7, 11) is 0. The highest BCUT2D eigenvalue weighted by Gasteiger charge is 2.27. The van der Waals surface area contributed by atoms with Crippen LogP contribution in [0.3, 0.4) is 0 Å². The maximum absolute atomic E-state index is 11.8. The average Bonchev–Trinajstić information content (AvgIpc) is 2.78. The molecule has 17 heavy (non-hydrogen) atoms. The summed E-state index contributed by atoms with van der Waals surface area (Å²) in [5.41, 5.74) is 1.07. The Morgan fingerprint density at radius 1 is 1.59 bits per heavy atom. The Bertz CT molecular complexity index is 405. The highest BCUT2D eigenvalue weighted by molar-refractivity contribution is 5.76. The molecule has 1 amide bonds. The van der Waals surface area contributed by atoms with E-state index in [-0.39, 0.29) is 5.91 Å². The molecular weight excluding hydrogens is 214 g/mol. The fraction of sp³-hybridized carbons (Fsp3) is 0.615. The van der Waals surface area contributed by atoms with Crippen molar-refractivity contribution in [2.75, 3.05) is 13.1 Å². The monoisotopic (exact) mass is 233 g/mol. The molecule has 0 aliphatic carbocycles. The topological polar surface area (TPSA) is 46.1 Å². The lowest BCUT2D eigenvalue weighted by Gasteiger charge is -2.15. The number of likely N-dealkylation sites (tertiary alicyclic amines) is 1. The molecule has 92 valence electrons. The quantitative estimate of drug-likeness (QED) is 0.801. The first-order valence-electron chi connectivity index (χ1n) is 6.28. The summed E-state index contributed by atoms with van der Waals surface area (Å²) in [5.74, 6) is 1.47. The lowest BCUT2D eigenvalue weighted by atomic mass is 10.1. The standard InChI is InChI=1S/C13H19N3O/c1-3-4-13(17)16-8-6-11(9-16)12-5-7-14-10(2)15-12/h5,7,11H,3-4,6,8-9H2,1-2H3/t11-/m0/s1. The summed E-state index contributed by atoms with van der Waals surface area (Å²) in [4.78, 5) is 22.3. The normalized spacial score (nSPS) is 19.6. The van der Waals surface area contributed by atoms with E-state index < -0.39 is 0 Å². The molecule has 0 N–H and O–H groups in total. The van der Waals surface area contributed by atoms with E-state index >= 15 is 0 Å². The van der Waals surface area contributed by atoms with Crippen molar-refractivity contribution in [3.8, 4) is 0 Å². The molecule has 2 rings (SSSR count). The molecule has 0 saturated carbocycles. The smallest absolute Gasteiger partial charge is 0.222 e. The molecule has 1 aromatic heterocycles. The summed E-state index contributed by atoms with van der Waals surface area (Å²) >= 11 is 0. The molecule has 0 aromatic carbocycles. The van der Waals surface area contributed by atoms with Crippen molar-refractivity contribution in [3.05, 3.63) is 23.8 Å². The molecular formula is C13H19N3O. The van der Waals surface area contributed by atoms with Crippen LogP contribution in [0.1, 0.15) is 43.6 Å². The maximum atomic E-state index is 11.8. The molecule has 2 heterocycles. The second kappa shape index (κ2) is 5.25. The zero-order valence-corrected chi connectivity index (χ0v) is 10.5. The molecule has 0 unspecified atom stereocenters. The molecule has 1 fully saturated rings. The number of aryl methyl sites for hydroxylation is 1. The van der Waals surface area contributed by atoms with Gasteiger partial charge in [-0.15, -0.1) is 0 Å². The van der Waals surface area contributed by atoms with Crippen LogP contribution >= 0.6 is 0 Å². The first-order chi connectivity index (χ1) is 8.20. The van der Waals surface area contributed by atoms with Crippen LogP contribution in [0, 0.1) is 6.92 Å². The Morgan fingerprint density at radius 3 is 3.12 bits per heavy atom. The molecule has 1 aromatic rings. The Labute approximate surface area is 102 Å². The Kier molecular flexibility index (Phi) is 3.71. The molecule has 1 saturated heterocycles. The minimum absolute atomic E-state index is 0.278. The van der Waals surface area contributed by atoms with Gasteiger partial charge in [-0.3, -0.25) is 4.79 Å². The van der Waals surface area contributed by atoms with Crippen molar-refractivity contribution < 1.29 is 4.79 Å². The molecule has 0 radical (unpaired) electrons. The van der Waals surface area contributed by atoms with Crippen molar-refractivity contribution in [1.82, 2.24) is 14.9 Å². The van der Waals surface area contributed by atoms with E-state index in [9.17, 15) is 4.79 Å². The van der Waals surface area contributed by atoms with E-state index in [2.05, 4.69) is 9.97 Å². The van der Waals surface area contributed by atoms with Crippen LogP contribution < -0.4 is 0 Å². The van der Waals surface area contributed by atoms with Gasteiger partial charge in [0.25, 0.3) is 0 Å². The van der Waals surface area contributed by atoms with Gasteiger partial charge in [0.15, 0.2) is 0 Å². The predicted molar refractivity (Wildman–Crippen MR) is 65.6 cm³/mol. The van der Waals surface area contributed by atoms with Gasteiger partial charge in [-0.05, 0) is 25.8 Å². The maximum Gasteiger partial charge on any atom is 0.222 e. The summed E-state index contributed by atoms with van der Waals surface area (Å²) in [6.45, 7) is 5.62. The van der Waals surface area contributed by atoms with Gasteiger partial charge >= 0.3 is 0 Å². The van der Waals surface area contributed by atoms with Crippen molar-refractivity contribution in [2.24, 2.45) is 0 Å². The number of carbonyl (C=O) groups excluding carboxylic acids is 1. The van der Waals surface area contributed by atoms with E-state index in [0.29, 0.717) is 12.3 Å². The Balaban J connectivity index is 2.00. The summed E-state index contributed by atoms with van der Waals surface area (Å²) in [6.07, 6.45) is 4.40.